The van der Waals surface area contributed by atoms with Gasteiger partial charge >= 0.3 is 0 Å². The van der Waals surface area contributed by atoms with Crippen LogP contribution in [0.5, 0.6) is 0 Å². The molecule has 0 heterocycles. The second kappa shape index (κ2) is 6.39. The molecule has 1 N–H and O–H groups in total. The van der Waals surface area contributed by atoms with Crippen molar-refractivity contribution in [2.75, 3.05) is 19.7 Å². The first-order valence-corrected chi connectivity index (χ1v) is 5.30. The Labute approximate surface area is 83.1 Å². The molecule has 0 aromatic rings. The monoisotopic (exact) mass is 187 g/mol. The van der Waals surface area contributed by atoms with Crippen LogP contribution in [0, 0.1) is 5.41 Å². The minimum atomic E-state index is 0.348. The van der Waals surface area contributed by atoms with Gasteiger partial charge in [-0.2, -0.15) is 0 Å². The van der Waals surface area contributed by atoms with E-state index in [-0.39, 0.29) is 0 Å². The van der Waals surface area contributed by atoms with Crippen LogP contribution in [0.1, 0.15) is 41.0 Å². The number of rotatable bonds is 7. The Bertz CT molecular complexity index is 121. The fraction of sp³-hybridized carbons (Fsp3) is 1.00. The first-order valence-electron chi connectivity index (χ1n) is 5.30. The van der Waals surface area contributed by atoms with E-state index in [9.17, 15) is 0 Å². The van der Waals surface area contributed by atoms with Crippen LogP contribution in [-0.2, 0) is 4.74 Å². The van der Waals surface area contributed by atoms with Gasteiger partial charge in [0.05, 0.1) is 12.7 Å². The average molecular weight is 187 g/mol. The molecule has 0 spiro atoms. The molecule has 0 unspecified atom stereocenters. The van der Waals surface area contributed by atoms with Crippen molar-refractivity contribution in [2.24, 2.45) is 5.41 Å². The molecule has 0 aromatic heterocycles. The largest absolute Gasteiger partial charge is 0.377 e. The molecule has 0 rings (SSSR count). The van der Waals surface area contributed by atoms with Gasteiger partial charge in [-0.05, 0) is 25.7 Å². The lowest BCUT2D eigenvalue weighted by atomic mass is 9.90. The minimum absolute atomic E-state index is 0.348. The molecule has 0 aliphatic carbocycles. The molecule has 0 saturated carbocycles. The Morgan fingerprint density at radius 1 is 1.31 bits per heavy atom. The summed E-state index contributed by atoms with van der Waals surface area (Å²) in [5.74, 6) is 0. The van der Waals surface area contributed by atoms with E-state index in [1.54, 1.807) is 0 Å². The van der Waals surface area contributed by atoms with Crippen LogP contribution in [-0.4, -0.2) is 25.8 Å². The van der Waals surface area contributed by atoms with Gasteiger partial charge in [0.1, 0.15) is 0 Å². The molecule has 80 valence electrons. The van der Waals surface area contributed by atoms with Gasteiger partial charge in [-0.3, -0.25) is 0 Å². The maximum Gasteiger partial charge on any atom is 0.0594 e. The molecule has 2 nitrogen and oxygen atoms in total. The van der Waals surface area contributed by atoms with Gasteiger partial charge in [0.25, 0.3) is 0 Å². The summed E-state index contributed by atoms with van der Waals surface area (Å²) in [6.45, 7) is 13.8. The molecular weight excluding hydrogens is 162 g/mol. The molecule has 13 heavy (non-hydrogen) atoms. The van der Waals surface area contributed by atoms with E-state index in [1.165, 1.54) is 6.42 Å². The van der Waals surface area contributed by atoms with Crippen LogP contribution in [0.3, 0.4) is 0 Å². The predicted octanol–water partition coefficient (Wildman–Crippen LogP) is 2.44. The molecule has 0 radical (unpaired) electrons. The highest BCUT2D eigenvalue weighted by Crippen LogP contribution is 2.17. The Morgan fingerprint density at radius 3 is 2.38 bits per heavy atom. The van der Waals surface area contributed by atoms with E-state index in [4.69, 9.17) is 4.74 Å². The summed E-state index contributed by atoms with van der Waals surface area (Å²) in [7, 11) is 0. The third-order valence-electron chi connectivity index (χ3n) is 2.29. The van der Waals surface area contributed by atoms with E-state index in [2.05, 4.69) is 39.9 Å². The normalized spacial score (nSPS) is 12.5. The average Bonchev–Trinajstić information content (AvgIpc) is 2.03. The van der Waals surface area contributed by atoms with Crippen molar-refractivity contribution in [3.05, 3.63) is 0 Å². The standard InChI is InChI=1S/C11H25NO/c1-6-11(4,5)9-12-7-8-13-10(2)3/h10,12H,6-9H2,1-5H3. The third kappa shape index (κ3) is 8.26. The molecule has 0 aliphatic heterocycles. The smallest absolute Gasteiger partial charge is 0.0594 e. The van der Waals surface area contributed by atoms with Gasteiger partial charge in [0.15, 0.2) is 0 Å². The lowest BCUT2D eigenvalue weighted by molar-refractivity contribution is 0.0794. The summed E-state index contributed by atoms with van der Waals surface area (Å²) >= 11 is 0. The van der Waals surface area contributed by atoms with Gasteiger partial charge in [-0.15, -0.1) is 0 Å². The summed E-state index contributed by atoms with van der Waals surface area (Å²) in [6, 6.07) is 0. The van der Waals surface area contributed by atoms with Crippen molar-refractivity contribution < 1.29 is 4.74 Å². The topological polar surface area (TPSA) is 21.3 Å². The fourth-order valence-corrected chi connectivity index (χ4v) is 0.919. The van der Waals surface area contributed by atoms with Crippen LogP contribution < -0.4 is 5.32 Å². The highest BCUT2D eigenvalue weighted by molar-refractivity contribution is 4.68. The van der Waals surface area contributed by atoms with Crippen LogP contribution in [0.4, 0.5) is 0 Å². The molecule has 2 heteroatoms. The third-order valence-corrected chi connectivity index (χ3v) is 2.29. The highest BCUT2D eigenvalue weighted by Gasteiger charge is 2.13. The quantitative estimate of drug-likeness (QED) is 0.618. The van der Waals surface area contributed by atoms with Crippen LogP contribution in [0.25, 0.3) is 0 Å². The Balaban J connectivity index is 3.26. The molecule has 0 fully saturated rings. The van der Waals surface area contributed by atoms with Crippen molar-refractivity contribution in [3.8, 4) is 0 Å². The van der Waals surface area contributed by atoms with E-state index in [1.807, 2.05) is 0 Å². The summed E-state index contributed by atoms with van der Waals surface area (Å²) < 4.78 is 5.43. The fourth-order valence-electron chi connectivity index (χ4n) is 0.919. The molecular formula is C11H25NO. The molecule has 0 atom stereocenters. The molecule has 0 saturated heterocycles. The summed E-state index contributed by atoms with van der Waals surface area (Å²) in [5, 5.41) is 3.41. The van der Waals surface area contributed by atoms with Crippen LogP contribution in [0.2, 0.25) is 0 Å². The lowest BCUT2D eigenvalue weighted by Gasteiger charge is -2.23. The lowest BCUT2D eigenvalue weighted by Crippen LogP contribution is -2.31. The van der Waals surface area contributed by atoms with Crippen molar-refractivity contribution >= 4 is 0 Å². The minimum Gasteiger partial charge on any atom is -0.377 e. The summed E-state index contributed by atoms with van der Waals surface area (Å²) in [6.07, 6.45) is 1.56. The maximum atomic E-state index is 5.43. The predicted molar refractivity (Wildman–Crippen MR) is 58.0 cm³/mol. The summed E-state index contributed by atoms with van der Waals surface area (Å²) in [5.41, 5.74) is 0.415. The second-order valence-corrected chi connectivity index (χ2v) is 4.61. The zero-order valence-corrected chi connectivity index (χ0v) is 9.81. The number of hydrogen-bond donors (Lipinski definition) is 1. The molecule has 0 aliphatic rings. The van der Waals surface area contributed by atoms with Gasteiger partial charge in [-0.25, -0.2) is 0 Å². The number of nitrogens with one attached hydrogen (secondary N) is 1. The second-order valence-electron chi connectivity index (χ2n) is 4.61. The van der Waals surface area contributed by atoms with E-state index in [0.717, 1.165) is 19.7 Å². The molecule has 0 bridgehead atoms. The Morgan fingerprint density at radius 2 is 1.92 bits per heavy atom. The van der Waals surface area contributed by atoms with Gasteiger partial charge in [0.2, 0.25) is 0 Å². The number of ether oxygens (including phenoxy) is 1. The van der Waals surface area contributed by atoms with Crippen molar-refractivity contribution in [1.82, 2.24) is 5.32 Å². The Kier molecular flexibility index (Phi) is 6.35. The van der Waals surface area contributed by atoms with Crippen LogP contribution >= 0.6 is 0 Å². The van der Waals surface area contributed by atoms with E-state index in [0.29, 0.717) is 11.5 Å². The van der Waals surface area contributed by atoms with Gasteiger partial charge < -0.3 is 10.1 Å². The van der Waals surface area contributed by atoms with E-state index < -0.39 is 0 Å². The zero-order valence-electron chi connectivity index (χ0n) is 9.81. The van der Waals surface area contributed by atoms with Gasteiger partial charge in [-0.1, -0.05) is 20.8 Å². The summed E-state index contributed by atoms with van der Waals surface area (Å²) in [4.78, 5) is 0. The zero-order chi connectivity index (χ0) is 10.3. The first-order chi connectivity index (χ1) is 5.98. The SMILES string of the molecule is CCC(C)(C)CNCCOC(C)C. The van der Waals surface area contributed by atoms with E-state index >= 15 is 0 Å². The maximum absolute atomic E-state index is 5.43. The molecule has 0 amide bonds. The first kappa shape index (κ1) is 12.9. The Hall–Kier alpha value is -0.0800. The van der Waals surface area contributed by atoms with Crippen molar-refractivity contribution in [2.45, 2.75) is 47.1 Å². The van der Waals surface area contributed by atoms with Gasteiger partial charge in [0, 0.05) is 13.1 Å². The molecule has 0 aromatic carbocycles. The van der Waals surface area contributed by atoms with Crippen molar-refractivity contribution in [1.29, 1.82) is 0 Å². The number of hydrogen-bond acceptors (Lipinski definition) is 2. The van der Waals surface area contributed by atoms with Crippen LogP contribution in [0.15, 0.2) is 0 Å². The van der Waals surface area contributed by atoms with Crippen molar-refractivity contribution in [3.63, 3.8) is 0 Å². The highest BCUT2D eigenvalue weighted by atomic mass is 16.5.